The number of nitrogens with zero attached hydrogens (tertiary/aromatic N) is 2. The molecule has 0 atom stereocenters. The highest BCUT2D eigenvalue weighted by molar-refractivity contribution is 6.04. The van der Waals surface area contributed by atoms with Crippen molar-refractivity contribution in [3.05, 3.63) is 76.0 Å². The van der Waals surface area contributed by atoms with Gasteiger partial charge in [0.25, 0.3) is 11.5 Å². The Morgan fingerprint density at radius 3 is 2.48 bits per heavy atom. The number of H-pyrrole nitrogens is 1. The molecule has 5 nitrogen and oxygen atoms in total. The Morgan fingerprint density at radius 2 is 1.78 bits per heavy atom. The van der Waals surface area contributed by atoms with Gasteiger partial charge in [-0.3, -0.25) is 9.59 Å². The molecule has 1 aromatic heterocycles. The molecule has 3 aromatic rings. The molecule has 2 aromatic carbocycles. The summed E-state index contributed by atoms with van der Waals surface area (Å²) >= 11 is 0. The number of rotatable bonds is 7. The van der Waals surface area contributed by atoms with Gasteiger partial charge in [0.1, 0.15) is 5.82 Å². The number of carbonyl (C=O) groups is 1. The van der Waals surface area contributed by atoms with E-state index in [4.69, 9.17) is 0 Å². The summed E-state index contributed by atoms with van der Waals surface area (Å²) < 4.78 is 13.2. The van der Waals surface area contributed by atoms with Gasteiger partial charge in [-0.1, -0.05) is 50.1 Å². The fourth-order valence-corrected chi connectivity index (χ4v) is 3.04. The Balaban J connectivity index is 1.93. The van der Waals surface area contributed by atoms with Crippen molar-refractivity contribution >= 4 is 16.7 Å². The SMILES string of the molecule is CCCCCN(Cc1ccc(F)cc1)C(=O)c1n[nH]c(=O)c2ccccc12. The van der Waals surface area contributed by atoms with E-state index in [9.17, 15) is 14.0 Å². The monoisotopic (exact) mass is 367 g/mol. The second-order valence-corrected chi connectivity index (χ2v) is 6.51. The molecule has 0 aliphatic rings. The van der Waals surface area contributed by atoms with Gasteiger partial charge in [-0.2, -0.15) is 5.10 Å². The summed E-state index contributed by atoms with van der Waals surface area (Å²) in [6.45, 7) is 3.03. The molecule has 1 heterocycles. The first-order valence-electron chi connectivity index (χ1n) is 9.11. The van der Waals surface area contributed by atoms with Gasteiger partial charge in [0.15, 0.2) is 5.69 Å². The summed E-state index contributed by atoms with van der Waals surface area (Å²) in [7, 11) is 0. The lowest BCUT2D eigenvalue weighted by Gasteiger charge is -2.23. The molecule has 0 aliphatic carbocycles. The van der Waals surface area contributed by atoms with E-state index < -0.39 is 0 Å². The molecule has 0 radical (unpaired) electrons. The predicted octanol–water partition coefficient (Wildman–Crippen LogP) is 3.89. The number of amides is 1. The average molecular weight is 367 g/mol. The smallest absolute Gasteiger partial charge is 0.275 e. The van der Waals surface area contributed by atoms with Crippen molar-refractivity contribution in [1.29, 1.82) is 0 Å². The van der Waals surface area contributed by atoms with Gasteiger partial charge in [-0.05, 0) is 30.2 Å². The number of halogens is 1. The maximum Gasteiger partial charge on any atom is 0.275 e. The highest BCUT2D eigenvalue weighted by Gasteiger charge is 2.21. The summed E-state index contributed by atoms with van der Waals surface area (Å²) in [5.41, 5.74) is 0.747. The van der Waals surface area contributed by atoms with Crippen LogP contribution in [0, 0.1) is 5.82 Å². The van der Waals surface area contributed by atoms with Crippen molar-refractivity contribution in [2.24, 2.45) is 0 Å². The molecular weight excluding hydrogens is 345 g/mol. The summed E-state index contributed by atoms with van der Waals surface area (Å²) in [4.78, 5) is 26.9. The van der Waals surface area contributed by atoms with E-state index in [1.54, 1.807) is 41.3 Å². The number of nitrogens with one attached hydrogen (secondary N) is 1. The minimum atomic E-state index is -0.321. The Kier molecular flexibility index (Phi) is 5.96. The molecule has 1 amide bonds. The molecule has 27 heavy (non-hydrogen) atoms. The lowest BCUT2D eigenvalue weighted by molar-refractivity contribution is 0.0735. The number of unbranched alkanes of at least 4 members (excludes halogenated alkanes) is 2. The van der Waals surface area contributed by atoms with Gasteiger partial charge in [0.2, 0.25) is 0 Å². The molecule has 140 valence electrons. The maximum absolute atomic E-state index is 13.2. The number of benzene rings is 2. The van der Waals surface area contributed by atoms with E-state index in [2.05, 4.69) is 17.1 Å². The summed E-state index contributed by atoms with van der Waals surface area (Å²) in [5.74, 6) is -0.557. The predicted molar refractivity (Wildman–Crippen MR) is 103 cm³/mol. The van der Waals surface area contributed by atoms with Gasteiger partial charge in [-0.25, -0.2) is 9.49 Å². The van der Waals surface area contributed by atoms with Crippen LogP contribution in [0.4, 0.5) is 4.39 Å². The van der Waals surface area contributed by atoms with Crippen LogP contribution < -0.4 is 5.56 Å². The first-order chi connectivity index (χ1) is 13.1. The zero-order valence-corrected chi connectivity index (χ0v) is 15.2. The fourth-order valence-electron chi connectivity index (χ4n) is 3.04. The number of fused-ring (bicyclic) bond motifs is 1. The van der Waals surface area contributed by atoms with E-state index in [0.717, 1.165) is 24.8 Å². The zero-order chi connectivity index (χ0) is 19.2. The molecule has 0 aliphatic heterocycles. The van der Waals surface area contributed by atoms with Crippen LogP contribution in [0.5, 0.6) is 0 Å². The molecule has 1 N–H and O–H groups in total. The van der Waals surface area contributed by atoms with Crippen molar-refractivity contribution in [2.45, 2.75) is 32.7 Å². The van der Waals surface area contributed by atoms with Gasteiger partial charge < -0.3 is 4.90 Å². The fraction of sp³-hybridized carbons (Fsp3) is 0.286. The van der Waals surface area contributed by atoms with Crippen molar-refractivity contribution in [3.63, 3.8) is 0 Å². The molecule has 0 saturated carbocycles. The van der Waals surface area contributed by atoms with Crippen molar-refractivity contribution in [2.75, 3.05) is 6.54 Å². The first kappa shape index (κ1) is 18.8. The van der Waals surface area contributed by atoms with E-state index in [-0.39, 0.29) is 23.0 Å². The highest BCUT2D eigenvalue weighted by atomic mass is 19.1. The summed E-state index contributed by atoms with van der Waals surface area (Å²) in [6.07, 6.45) is 2.91. The van der Waals surface area contributed by atoms with E-state index in [0.29, 0.717) is 23.9 Å². The third kappa shape index (κ3) is 4.39. The Hall–Kier alpha value is -3.02. The van der Waals surface area contributed by atoms with E-state index >= 15 is 0 Å². The normalized spacial score (nSPS) is 10.9. The Labute approximate surface area is 156 Å². The number of hydrogen-bond donors (Lipinski definition) is 1. The Bertz CT molecular complexity index is 983. The van der Waals surface area contributed by atoms with Crippen LogP contribution in [0.2, 0.25) is 0 Å². The van der Waals surface area contributed by atoms with Crippen LogP contribution in [0.3, 0.4) is 0 Å². The van der Waals surface area contributed by atoms with Crippen LogP contribution in [0.1, 0.15) is 42.2 Å². The Morgan fingerprint density at radius 1 is 1.07 bits per heavy atom. The minimum Gasteiger partial charge on any atom is -0.333 e. The van der Waals surface area contributed by atoms with E-state index in [1.165, 1.54) is 12.1 Å². The second kappa shape index (κ2) is 8.58. The molecule has 0 fully saturated rings. The third-order valence-corrected chi connectivity index (χ3v) is 4.50. The highest BCUT2D eigenvalue weighted by Crippen LogP contribution is 2.17. The largest absolute Gasteiger partial charge is 0.333 e. The quantitative estimate of drug-likeness (QED) is 0.644. The molecule has 0 unspecified atom stereocenters. The zero-order valence-electron chi connectivity index (χ0n) is 15.2. The molecule has 3 rings (SSSR count). The van der Waals surface area contributed by atoms with Crippen LogP contribution >= 0.6 is 0 Å². The standard InChI is InChI=1S/C21H22FN3O2/c1-2-3-6-13-25(14-15-9-11-16(22)12-10-15)21(27)19-17-7-4-5-8-18(17)20(26)24-23-19/h4-5,7-12H,2-3,6,13-14H2,1H3,(H,24,26). The molecule has 0 spiro atoms. The van der Waals surface area contributed by atoms with Gasteiger partial charge in [0.05, 0.1) is 5.39 Å². The average Bonchev–Trinajstić information content (AvgIpc) is 2.69. The van der Waals surface area contributed by atoms with Crippen molar-refractivity contribution < 1.29 is 9.18 Å². The molecule has 0 saturated heterocycles. The topological polar surface area (TPSA) is 66.1 Å². The molecule has 6 heteroatoms. The van der Waals surface area contributed by atoms with Gasteiger partial charge >= 0.3 is 0 Å². The van der Waals surface area contributed by atoms with Crippen LogP contribution in [0.25, 0.3) is 10.8 Å². The summed E-state index contributed by atoms with van der Waals surface area (Å²) in [6, 6.07) is 13.1. The van der Waals surface area contributed by atoms with Crippen LogP contribution in [-0.4, -0.2) is 27.5 Å². The lowest BCUT2D eigenvalue weighted by Crippen LogP contribution is -2.33. The number of aromatic amines is 1. The number of hydrogen-bond acceptors (Lipinski definition) is 3. The number of aromatic nitrogens is 2. The molecule has 0 bridgehead atoms. The maximum atomic E-state index is 13.2. The second-order valence-electron chi connectivity index (χ2n) is 6.51. The van der Waals surface area contributed by atoms with Crippen LogP contribution in [-0.2, 0) is 6.54 Å². The van der Waals surface area contributed by atoms with Crippen molar-refractivity contribution in [3.8, 4) is 0 Å². The minimum absolute atomic E-state index is 0.226. The lowest BCUT2D eigenvalue weighted by atomic mass is 10.1. The van der Waals surface area contributed by atoms with Crippen molar-refractivity contribution in [1.82, 2.24) is 15.1 Å². The van der Waals surface area contributed by atoms with Gasteiger partial charge in [-0.15, -0.1) is 0 Å². The summed E-state index contributed by atoms with van der Waals surface area (Å²) in [5, 5.41) is 7.41. The number of carbonyl (C=O) groups excluding carboxylic acids is 1. The molecular formula is C21H22FN3O2. The first-order valence-corrected chi connectivity index (χ1v) is 9.11. The van der Waals surface area contributed by atoms with E-state index in [1.807, 2.05) is 0 Å². The van der Waals surface area contributed by atoms with Gasteiger partial charge in [0, 0.05) is 18.5 Å². The van der Waals surface area contributed by atoms with Crippen LogP contribution in [0.15, 0.2) is 53.3 Å². The third-order valence-electron chi connectivity index (χ3n) is 4.50.